The fourth-order valence-electron chi connectivity index (χ4n) is 2.47. The Morgan fingerprint density at radius 3 is 2.08 bits per heavy atom. The first-order valence-electron chi connectivity index (χ1n) is 8.78. The molecule has 0 bridgehead atoms. The van der Waals surface area contributed by atoms with Crippen molar-refractivity contribution in [2.45, 2.75) is 46.3 Å². The van der Waals surface area contributed by atoms with Crippen molar-refractivity contribution < 1.29 is 23.2 Å². The number of rotatable bonds is 11. The van der Waals surface area contributed by atoms with Crippen LogP contribution >= 0.6 is 7.60 Å². The average molecular weight is 384 g/mol. The Balaban J connectivity index is 2.81. The van der Waals surface area contributed by atoms with Gasteiger partial charge in [-0.3, -0.25) is 14.2 Å². The van der Waals surface area contributed by atoms with Gasteiger partial charge < -0.3 is 20.1 Å². The predicted molar refractivity (Wildman–Crippen MR) is 101 cm³/mol. The number of hydrogen-bond donors (Lipinski definition) is 2. The van der Waals surface area contributed by atoms with Gasteiger partial charge in [-0.1, -0.05) is 26.0 Å². The highest BCUT2D eigenvalue weighted by Gasteiger charge is 2.24. The highest BCUT2D eigenvalue weighted by molar-refractivity contribution is 7.53. The molecule has 0 aromatic heterocycles. The van der Waals surface area contributed by atoms with Crippen molar-refractivity contribution in [1.29, 1.82) is 0 Å². The normalized spacial score (nSPS) is 12.8. The van der Waals surface area contributed by atoms with Gasteiger partial charge in [-0.25, -0.2) is 0 Å². The molecule has 0 fully saturated rings. The van der Waals surface area contributed by atoms with Crippen molar-refractivity contribution in [2.75, 3.05) is 13.2 Å². The highest BCUT2D eigenvalue weighted by atomic mass is 31.2. The Bertz CT molecular complexity index is 635. The van der Waals surface area contributed by atoms with Gasteiger partial charge in [-0.2, -0.15) is 0 Å². The number of carbonyl (C=O) groups is 2. The average Bonchev–Trinajstić information content (AvgIpc) is 2.54. The minimum Gasteiger partial charge on any atom is -0.368 e. The predicted octanol–water partition coefficient (Wildman–Crippen LogP) is 3.08. The van der Waals surface area contributed by atoms with Gasteiger partial charge in [0.25, 0.3) is 5.91 Å². The molecule has 1 atom stereocenters. The summed E-state index contributed by atoms with van der Waals surface area (Å²) in [4.78, 5) is 23.8. The zero-order chi connectivity index (χ0) is 19.7. The summed E-state index contributed by atoms with van der Waals surface area (Å²) in [5, 5.41) is 2.65. The molecular weight excluding hydrogens is 355 g/mol. The molecule has 146 valence electrons. The van der Waals surface area contributed by atoms with Crippen LogP contribution in [-0.2, 0) is 24.6 Å². The van der Waals surface area contributed by atoms with E-state index in [1.165, 1.54) is 0 Å². The maximum Gasteiger partial charge on any atom is 0.335 e. The second-order valence-corrected chi connectivity index (χ2v) is 8.41. The Hall–Kier alpha value is -1.69. The third kappa shape index (κ3) is 7.28. The zero-order valence-electron chi connectivity index (χ0n) is 15.9. The lowest BCUT2D eigenvalue weighted by Crippen LogP contribution is -2.45. The van der Waals surface area contributed by atoms with Gasteiger partial charge in [-0.05, 0) is 43.9 Å². The summed E-state index contributed by atoms with van der Waals surface area (Å²) in [5.41, 5.74) is 6.48. The third-order valence-electron chi connectivity index (χ3n) is 3.60. The minimum atomic E-state index is -3.19. The van der Waals surface area contributed by atoms with Crippen LogP contribution in [0.1, 0.15) is 50.0 Å². The van der Waals surface area contributed by atoms with E-state index in [0.29, 0.717) is 25.2 Å². The molecule has 0 aliphatic heterocycles. The van der Waals surface area contributed by atoms with Crippen LogP contribution in [0.4, 0.5) is 0 Å². The van der Waals surface area contributed by atoms with Crippen LogP contribution in [0.15, 0.2) is 24.3 Å². The summed E-state index contributed by atoms with van der Waals surface area (Å²) >= 11 is 0. The number of benzene rings is 1. The Morgan fingerprint density at radius 2 is 1.65 bits per heavy atom. The molecule has 0 aliphatic rings. The van der Waals surface area contributed by atoms with Crippen LogP contribution in [0.25, 0.3) is 0 Å². The number of nitrogens with one attached hydrogen (secondary N) is 1. The number of carbonyl (C=O) groups excluding carboxylic acids is 2. The molecule has 26 heavy (non-hydrogen) atoms. The van der Waals surface area contributed by atoms with Crippen molar-refractivity contribution in [1.82, 2.24) is 5.32 Å². The van der Waals surface area contributed by atoms with E-state index in [-0.39, 0.29) is 18.0 Å². The number of nitrogens with two attached hydrogens (primary N) is 1. The standard InChI is InChI=1S/C18H29N2O5P/c1-5-24-26(23,25-6-2)12-14-7-9-15(10-8-14)18(22)20-16(17(19)21)11-13(3)4/h7-10,13,16H,5-6,11-12H2,1-4H3,(H2,19,21)(H,20,22)/t16-/m0/s1. The molecule has 2 amide bonds. The summed E-state index contributed by atoms with van der Waals surface area (Å²) < 4.78 is 23.1. The molecule has 1 aromatic carbocycles. The van der Waals surface area contributed by atoms with Gasteiger partial charge in [0.15, 0.2) is 0 Å². The van der Waals surface area contributed by atoms with Crippen LogP contribution < -0.4 is 11.1 Å². The lowest BCUT2D eigenvalue weighted by Gasteiger charge is -2.18. The van der Waals surface area contributed by atoms with Crippen LogP contribution in [0.2, 0.25) is 0 Å². The van der Waals surface area contributed by atoms with Gasteiger partial charge in [0.05, 0.1) is 19.4 Å². The number of amides is 2. The Morgan fingerprint density at radius 1 is 1.12 bits per heavy atom. The van der Waals surface area contributed by atoms with Gasteiger partial charge in [0.1, 0.15) is 6.04 Å². The summed E-state index contributed by atoms with van der Waals surface area (Å²) in [6.07, 6.45) is 0.610. The van der Waals surface area contributed by atoms with Crippen LogP contribution in [0.5, 0.6) is 0 Å². The lowest BCUT2D eigenvalue weighted by molar-refractivity contribution is -0.120. The highest BCUT2D eigenvalue weighted by Crippen LogP contribution is 2.51. The molecule has 0 unspecified atom stereocenters. The Labute approximate surface area is 155 Å². The van der Waals surface area contributed by atoms with Crippen molar-refractivity contribution >= 4 is 19.4 Å². The minimum absolute atomic E-state index is 0.133. The third-order valence-corrected chi connectivity index (χ3v) is 5.66. The first-order valence-corrected chi connectivity index (χ1v) is 10.5. The van der Waals surface area contributed by atoms with Crippen LogP contribution in [0, 0.1) is 5.92 Å². The molecular formula is C18H29N2O5P. The molecule has 0 heterocycles. The van der Waals surface area contributed by atoms with E-state index in [2.05, 4.69) is 5.32 Å². The molecule has 1 aromatic rings. The largest absolute Gasteiger partial charge is 0.368 e. The number of hydrogen-bond acceptors (Lipinski definition) is 5. The first kappa shape index (κ1) is 22.4. The molecule has 0 aliphatic carbocycles. The van der Waals surface area contributed by atoms with Crippen molar-refractivity contribution in [3.05, 3.63) is 35.4 Å². The maximum atomic E-state index is 12.5. The summed E-state index contributed by atoms with van der Waals surface area (Å²) in [6, 6.07) is 5.90. The van der Waals surface area contributed by atoms with E-state index in [1.807, 2.05) is 13.8 Å². The quantitative estimate of drug-likeness (QED) is 0.570. The Kier molecular flexibility index (Phi) is 8.99. The van der Waals surface area contributed by atoms with Crippen LogP contribution in [0.3, 0.4) is 0 Å². The summed E-state index contributed by atoms with van der Waals surface area (Å²) in [6.45, 7) is 8.00. The molecule has 1 rings (SSSR count). The van der Waals surface area contributed by atoms with E-state index in [0.717, 1.165) is 5.56 Å². The number of primary amides is 1. The monoisotopic (exact) mass is 384 g/mol. The fourth-order valence-corrected chi connectivity index (χ4v) is 4.17. The van der Waals surface area contributed by atoms with Gasteiger partial charge in [0.2, 0.25) is 5.91 Å². The zero-order valence-corrected chi connectivity index (χ0v) is 16.8. The van der Waals surface area contributed by atoms with E-state index in [1.54, 1.807) is 38.1 Å². The lowest BCUT2D eigenvalue weighted by atomic mass is 10.0. The molecule has 3 N–H and O–H groups in total. The maximum absolute atomic E-state index is 12.5. The van der Waals surface area contributed by atoms with Crippen molar-refractivity contribution in [2.24, 2.45) is 11.7 Å². The van der Waals surface area contributed by atoms with Gasteiger partial charge >= 0.3 is 7.60 Å². The molecule has 0 radical (unpaired) electrons. The SMILES string of the molecule is CCOP(=O)(Cc1ccc(C(=O)N[C@@H](CC(C)C)C(N)=O)cc1)OCC. The van der Waals surface area contributed by atoms with Gasteiger partial charge in [-0.15, -0.1) is 0 Å². The van der Waals surface area contributed by atoms with Gasteiger partial charge in [0, 0.05) is 5.56 Å². The molecule has 0 saturated heterocycles. The van der Waals surface area contributed by atoms with E-state index in [4.69, 9.17) is 14.8 Å². The van der Waals surface area contributed by atoms with E-state index >= 15 is 0 Å². The smallest absolute Gasteiger partial charge is 0.335 e. The first-order chi connectivity index (χ1) is 12.2. The second-order valence-electron chi connectivity index (χ2n) is 6.36. The van der Waals surface area contributed by atoms with E-state index in [9.17, 15) is 14.2 Å². The topological polar surface area (TPSA) is 108 Å². The molecule has 7 nitrogen and oxygen atoms in total. The van der Waals surface area contributed by atoms with E-state index < -0.39 is 19.5 Å². The summed E-state index contributed by atoms with van der Waals surface area (Å²) in [5.74, 6) is -0.710. The molecule has 0 spiro atoms. The van der Waals surface area contributed by atoms with Crippen molar-refractivity contribution in [3.8, 4) is 0 Å². The molecule has 8 heteroatoms. The summed E-state index contributed by atoms with van der Waals surface area (Å²) in [7, 11) is -3.19. The fraction of sp³-hybridized carbons (Fsp3) is 0.556. The van der Waals surface area contributed by atoms with Crippen LogP contribution in [-0.4, -0.2) is 31.1 Å². The molecule has 0 saturated carbocycles. The second kappa shape index (κ2) is 10.5. The van der Waals surface area contributed by atoms with Crippen molar-refractivity contribution in [3.63, 3.8) is 0 Å².